The van der Waals surface area contributed by atoms with Gasteiger partial charge in [-0.05, 0) is 50.8 Å². The fraction of sp³-hybridized carbons (Fsp3) is 0.500. The number of hydrogen-bond acceptors (Lipinski definition) is 3. The zero-order chi connectivity index (χ0) is 14.5. The lowest BCUT2D eigenvalue weighted by Gasteiger charge is -2.25. The van der Waals surface area contributed by atoms with Crippen LogP contribution < -0.4 is 5.32 Å². The molecule has 1 aromatic carbocycles. The van der Waals surface area contributed by atoms with Crippen molar-refractivity contribution in [1.29, 1.82) is 0 Å². The van der Waals surface area contributed by atoms with Crippen molar-refractivity contribution >= 4 is 10.9 Å². The summed E-state index contributed by atoms with van der Waals surface area (Å²) in [6.45, 7) is 0.935. The van der Waals surface area contributed by atoms with Crippen molar-refractivity contribution in [3.8, 4) is 0 Å². The van der Waals surface area contributed by atoms with Crippen LogP contribution in [0, 0.1) is 0 Å². The summed E-state index contributed by atoms with van der Waals surface area (Å²) >= 11 is 0. The minimum atomic E-state index is 0.342. The van der Waals surface area contributed by atoms with Crippen LogP contribution in [0.4, 0.5) is 0 Å². The molecular weight excluding hydrogens is 260 g/mol. The number of fused-ring (bicyclic) bond motifs is 1. The Morgan fingerprint density at radius 2 is 2.19 bits per heavy atom. The third-order valence-corrected chi connectivity index (χ3v) is 4.44. The second-order valence-corrected chi connectivity index (χ2v) is 5.83. The van der Waals surface area contributed by atoms with Gasteiger partial charge in [-0.1, -0.05) is 24.3 Å². The predicted octanol–water partition coefficient (Wildman–Crippen LogP) is 3.84. The second-order valence-electron chi connectivity index (χ2n) is 5.83. The molecule has 0 amide bonds. The first-order valence-corrected chi connectivity index (χ1v) is 8.01. The quantitative estimate of drug-likeness (QED) is 0.905. The molecule has 3 rings (SSSR count). The first-order chi connectivity index (χ1) is 10.4. The zero-order valence-electron chi connectivity index (χ0n) is 12.7. The molecule has 1 saturated heterocycles. The first kappa shape index (κ1) is 14.5. The number of aromatic nitrogens is 1. The second kappa shape index (κ2) is 7.01. The molecule has 112 valence electrons. The van der Waals surface area contributed by atoms with Crippen LogP contribution in [0.15, 0.2) is 36.5 Å². The van der Waals surface area contributed by atoms with E-state index in [1.54, 1.807) is 0 Å². The highest BCUT2D eigenvalue weighted by Crippen LogP contribution is 2.27. The molecule has 2 heterocycles. The fourth-order valence-electron chi connectivity index (χ4n) is 3.25. The van der Waals surface area contributed by atoms with Gasteiger partial charge in [-0.2, -0.15) is 0 Å². The Hall–Kier alpha value is -1.45. The Morgan fingerprint density at radius 3 is 3.00 bits per heavy atom. The van der Waals surface area contributed by atoms with E-state index < -0.39 is 0 Å². The fourth-order valence-corrected chi connectivity index (χ4v) is 3.25. The molecule has 3 nitrogen and oxygen atoms in total. The van der Waals surface area contributed by atoms with E-state index in [0.717, 1.165) is 25.0 Å². The number of benzene rings is 1. The Bertz CT molecular complexity index is 573. The molecule has 3 heteroatoms. The Balaban J connectivity index is 1.75. The van der Waals surface area contributed by atoms with E-state index in [0.29, 0.717) is 12.1 Å². The van der Waals surface area contributed by atoms with E-state index in [9.17, 15) is 0 Å². The first-order valence-electron chi connectivity index (χ1n) is 8.01. The molecule has 1 aromatic heterocycles. The van der Waals surface area contributed by atoms with Crippen LogP contribution in [0.25, 0.3) is 10.9 Å². The van der Waals surface area contributed by atoms with Crippen LogP contribution in [-0.2, 0) is 4.74 Å². The molecule has 1 fully saturated rings. The highest BCUT2D eigenvalue weighted by atomic mass is 16.5. The number of hydrogen-bond donors (Lipinski definition) is 1. The number of pyridine rings is 1. The number of nitrogens with one attached hydrogen (secondary N) is 1. The molecule has 2 aromatic rings. The summed E-state index contributed by atoms with van der Waals surface area (Å²) in [6.07, 6.45) is 8.28. The normalized spacial score (nSPS) is 20.5. The van der Waals surface area contributed by atoms with Crippen molar-refractivity contribution in [1.82, 2.24) is 10.3 Å². The van der Waals surface area contributed by atoms with Crippen LogP contribution in [0.5, 0.6) is 0 Å². The molecule has 0 aliphatic carbocycles. The van der Waals surface area contributed by atoms with Gasteiger partial charge < -0.3 is 10.1 Å². The van der Waals surface area contributed by atoms with E-state index in [4.69, 9.17) is 4.74 Å². The van der Waals surface area contributed by atoms with Crippen molar-refractivity contribution in [2.75, 3.05) is 13.7 Å². The van der Waals surface area contributed by atoms with E-state index in [1.807, 2.05) is 19.3 Å². The largest absolute Gasteiger partial charge is 0.378 e. The molecule has 0 saturated carbocycles. The Labute approximate surface area is 126 Å². The van der Waals surface area contributed by atoms with Crippen molar-refractivity contribution in [2.45, 2.75) is 44.2 Å². The summed E-state index contributed by atoms with van der Waals surface area (Å²) in [5.74, 6) is 0. The van der Waals surface area contributed by atoms with E-state index in [-0.39, 0.29) is 0 Å². The van der Waals surface area contributed by atoms with Gasteiger partial charge in [0.1, 0.15) is 0 Å². The molecule has 0 bridgehead atoms. The Morgan fingerprint density at radius 1 is 1.29 bits per heavy atom. The van der Waals surface area contributed by atoms with Gasteiger partial charge in [0.25, 0.3) is 0 Å². The van der Waals surface area contributed by atoms with Gasteiger partial charge in [-0.25, -0.2) is 0 Å². The predicted molar refractivity (Wildman–Crippen MR) is 86.4 cm³/mol. The van der Waals surface area contributed by atoms with E-state index in [2.05, 4.69) is 34.6 Å². The van der Waals surface area contributed by atoms with Gasteiger partial charge in [0.2, 0.25) is 0 Å². The summed E-state index contributed by atoms with van der Waals surface area (Å²) < 4.78 is 5.85. The molecule has 2 atom stereocenters. The average Bonchev–Trinajstić information content (AvgIpc) is 2.56. The van der Waals surface area contributed by atoms with E-state index in [1.165, 1.54) is 30.2 Å². The summed E-state index contributed by atoms with van der Waals surface area (Å²) in [5, 5.41) is 4.67. The van der Waals surface area contributed by atoms with Gasteiger partial charge in [-0.15, -0.1) is 0 Å². The van der Waals surface area contributed by atoms with Crippen LogP contribution in [-0.4, -0.2) is 24.7 Å². The topological polar surface area (TPSA) is 34.1 Å². The molecule has 1 N–H and O–H groups in total. The van der Waals surface area contributed by atoms with Crippen molar-refractivity contribution < 1.29 is 4.74 Å². The van der Waals surface area contributed by atoms with Crippen molar-refractivity contribution in [2.24, 2.45) is 0 Å². The lowest BCUT2D eigenvalue weighted by atomic mass is 9.95. The maximum absolute atomic E-state index is 5.85. The molecule has 1 aliphatic rings. The zero-order valence-corrected chi connectivity index (χ0v) is 12.7. The molecule has 0 spiro atoms. The number of ether oxygens (including phenoxy) is 1. The summed E-state index contributed by atoms with van der Waals surface area (Å²) in [5.41, 5.74) is 2.41. The number of para-hydroxylation sites is 1. The van der Waals surface area contributed by atoms with Crippen LogP contribution in [0.1, 0.15) is 43.7 Å². The maximum Gasteiger partial charge on any atom is 0.0749 e. The molecule has 21 heavy (non-hydrogen) atoms. The van der Waals surface area contributed by atoms with E-state index >= 15 is 0 Å². The monoisotopic (exact) mass is 284 g/mol. The van der Waals surface area contributed by atoms with Gasteiger partial charge in [-0.3, -0.25) is 4.98 Å². The molecule has 0 radical (unpaired) electrons. The van der Waals surface area contributed by atoms with Crippen LogP contribution >= 0.6 is 0 Å². The van der Waals surface area contributed by atoms with Gasteiger partial charge >= 0.3 is 0 Å². The molecular formula is C18H24N2O. The van der Waals surface area contributed by atoms with Gasteiger partial charge in [0, 0.05) is 24.2 Å². The number of rotatable bonds is 5. The standard InChI is InChI=1S/C18H24N2O/c1-19-17(11-10-15-8-2-3-13-21-15)16-9-4-6-14-7-5-12-20-18(14)16/h4-7,9,12,15,17,19H,2-3,8,10-11,13H2,1H3. The van der Waals surface area contributed by atoms with Crippen LogP contribution in [0.3, 0.4) is 0 Å². The minimum Gasteiger partial charge on any atom is -0.378 e. The highest BCUT2D eigenvalue weighted by Gasteiger charge is 2.18. The Kier molecular flexibility index (Phi) is 4.84. The van der Waals surface area contributed by atoms with Gasteiger partial charge in [0.15, 0.2) is 0 Å². The van der Waals surface area contributed by atoms with Crippen molar-refractivity contribution in [3.63, 3.8) is 0 Å². The third kappa shape index (κ3) is 3.42. The smallest absolute Gasteiger partial charge is 0.0749 e. The lowest BCUT2D eigenvalue weighted by molar-refractivity contribution is 0.00868. The highest BCUT2D eigenvalue weighted by molar-refractivity contribution is 5.81. The number of nitrogens with zero attached hydrogens (tertiary/aromatic N) is 1. The SMILES string of the molecule is CNC(CCC1CCCCO1)c1cccc2cccnc12. The third-order valence-electron chi connectivity index (χ3n) is 4.44. The minimum absolute atomic E-state index is 0.342. The summed E-state index contributed by atoms with van der Waals surface area (Å²) in [7, 11) is 2.04. The molecule has 2 unspecified atom stereocenters. The summed E-state index contributed by atoms with van der Waals surface area (Å²) in [6, 6.07) is 10.9. The summed E-state index contributed by atoms with van der Waals surface area (Å²) in [4.78, 5) is 4.57. The van der Waals surface area contributed by atoms with Crippen LogP contribution in [0.2, 0.25) is 0 Å². The maximum atomic E-state index is 5.85. The lowest BCUT2D eigenvalue weighted by Crippen LogP contribution is -2.23. The average molecular weight is 284 g/mol. The van der Waals surface area contributed by atoms with Gasteiger partial charge in [0.05, 0.1) is 11.6 Å². The van der Waals surface area contributed by atoms with Crippen molar-refractivity contribution in [3.05, 3.63) is 42.1 Å². The molecule has 1 aliphatic heterocycles.